The molecule has 232 valence electrons. The Morgan fingerprint density at radius 1 is 0.915 bits per heavy atom. The van der Waals surface area contributed by atoms with Gasteiger partial charge in [0.15, 0.2) is 12.2 Å². The number of nitrogens with zero attached hydrogens (tertiary/aromatic N) is 2. The van der Waals surface area contributed by atoms with Crippen LogP contribution < -0.4 is 9.75 Å². The summed E-state index contributed by atoms with van der Waals surface area (Å²) in [5.41, 5.74) is 12.5. The van der Waals surface area contributed by atoms with E-state index in [1.165, 1.54) is 70.0 Å². The molecular formula is C43H41N2SSi+. The van der Waals surface area contributed by atoms with Crippen LogP contribution in [-0.2, 0) is 6.42 Å². The molecule has 4 heterocycles. The molecule has 2 atom stereocenters. The van der Waals surface area contributed by atoms with Gasteiger partial charge < -0.3 is 0 Å². The number of pyridine rings is 1. The fourth-order valence-corrected chi connectivity index (χ4v) is 11.3. The van der Waals surface area contributed by atoms with E-state index in [1.807, 2.05) is 17.4 Å². The second kappa shape index (κ2) is 11.4. The highest BCUT2D eigenvalue weighted by atomic mass is 32.1. The number of aliphatic imine (C=N–C) groups is 1. The standard InChI is InChI=1S/C43H41N2SSi/c1-7-36-41-30(25-35(29-15-9-8-10-16-29)42-34-19-13-14-20-39(34)46-43(41)42)21-22-33-31-17-11-12-18-32(31)37-23-27(2)40(47(4,5)6)26-45(37)38(33)24-28(3)44-36/h7-20,23,25-26,33,38H,1,3,21-22,24H2,2,4-6H3/q+1/b44-36-. The van der Waals surface area contributed by atoms with Crippen molar-refractivity contribution in [3.05, 3.63) is 144 Å². The molecule has 2 unspecified atom stereocenters. The maximum atomic E-state index is 5.34. The average Bonchev–Trinajstić information content (AvgIpc) is 3.45. The van der Waals surface area contributed by atoms with Crippen molar-refractivity contribution in [3.63, 3.8) is 0 Å². The van der Waals surface area contributed by atoms with Crippen LogP contribution in [0.4, 0.5) is 0 Å². The Balaban J connectivity index is 1.38. The second-order valence-electron chi connectivity index (χ2n) is 14.3. The van der Waals surface area contributed by atoms with Crippen molar-refractivity contribution >= 4 is 50.5 Å². The van der Waals surface area contributed by atoms with E-state index in [4.69, 9.17) is 4.99 Å². The fraction of sp³-hybridized carbons (Fsp3) is 0.209. The van der Waals surface area contributed by atoms with Crippen LogP contribution in [0.5, 0.6) is 0 Å². The third kappa shape index (κ3) is 4.97. The number of hydrogen-bond acceptors (Lipinski definition) is 2. The Hall–Kier alpha value is -4.38. The SMILES string of the molecule is C=C/C1=N/C(=C)CC2C(CCc3cc(-c4ccccc4)c4c(sc5ccccc54)c31)c1ccccc1-c1cc(C)c([Si](C)(C)C)c[n+]12. The van der Waals surface area contributed by atoms with Crippen molar-refractivity contribution in [1.29, 1.82) is 0 Å². The maximum absolute atomic E-state index is 5.34. The minimum Gasteiger partial charge on any atom is -0.253 e. The van der Waals surface area contributed by atoms with Gasteiger partial charge in [-0.1, -0.05) is 99.5 Å². The highest BCUT2D eigenvalue weighted by molar-refractivity contribution is 7.26. The lowest BCUT2D eigenvalue weighted by Gasteiger charge is -2.33. The average molecular weight is 646 g/mol. The molecule has 0 fully saturated rings. The lowest BCUT2D eigenvalue weighted by atomic mass is 9.77. The van der Waals surface area contributed by atoms with Crippen molar-refractivity contribution in [2.24, 2.45) is 4.99 Å². The topological polar surface area (TPSA) is 16.2 Å². The van der Waals surface area contributed by atoms with Gasteiger partial charge in [0.2, 0.25) is 5.69 Å². The number of aromatic nitrogens is 1. The molecule has 0 aliphatic carbocycles. The van der Waals surface area contributed by atoms with Crippen molar-refractivity contribution in [3.8, 4) is 22.4 Å². The Morgan fingerprint density at radius 3 is 2.45 bits per heavy atom. The molecule has 0 saturated carbocycles. The van der Waals surface area contributed by atoms with Gasteiger partial charge in [0, 0.05) is 54.2 Å². The van der Waals surface area contributed by atoms with Crippen LogP contribution in [0.1, 0.15) is 47.1 Å². The van der Waals surface area contributed by atoms with Crippen LogP contribution in [0, 0.1) is 6.92 Å². The number of allylic oxidation sites excluding steroid dienone is 2. The molecule has 0 N–H and O–H groups in total. The van der Waals surface area contributed by atoms with E-state index in [0.29, 0.717) is 5.92 Å². The molecular weight excluding hydrogens is 605 g/mol. The first-order valence-corrected chi connectivity index (χ1v) is 21.1. The largest absolute Gasteiger partial charge is 0.253 e. The van der Waals surface area contributed by atoms with Gasteiger partial charge in [-0.15, -0.1) is 11.3 Å². The summed E-state index contributed by atoms with van der Waals surface area (Å²) in [5.74, 6) is 0.337. The molecule has 6 aromatic rings. The molecule has 0 saturated heterocycles. The van der Waals surface area contributed by atoms with Gasteiger partial charge >= 0.3 is 0 Å². The molecule has 8 rings (SSSR count). The molecule has 0 amide bonds. The Labute approximate surface area is 283 Å². The third-order valence-electron chi connectivity index (χ3n) is 10.3. The summed E-state index contributed by atoms with van der Waals surface area (Å²) in [6, 6.07) is 34.0. The van der Waals surface area contributed by atoms with Crippen LogP contribution in [0.2, 0.25) is 19.6 Å². The maximum Gasteiger partial charge on any atom is 0.213 e. The normalized spacial score (nSPS) is 18.9. The first-order valence-electron chi connectivity index (χ1n) is 16.8. The van der Waals surface area contributed by atoms with Gasteiger partial charge in [-0.25, -0.2) is 0 Å². The molecule has 4 aromatic carbocycles. The van der Waals surface area contributed by atoms with Crippen molar-refractivity contribution in [1.82, 2.24) is 0 Å². The van der Waals surface area contributed by atoms with Crippen LogP contribution in [-0.4, -0.2) is 13.8 Å². The molecule has 2 aliphatic rings. The summed E-state index contributed by atoms with van der Waals surface area (Å²) in [6.07, 6.45) is 7.26. The molecule has 47 heavy (non-hydrogen) atoms. The van der Waals surface area contributed by atoms with Crippen LogP contribution >= 0.6 is 11.3 Å². The summed E-state index contributed by atoms with van der Waals surface area (Å²) >= 11 is 1.88. The lowest BCUT2D eigenvalue weighted by molar-refractivity contribution is -0.717. The summed E-state index contributed by atoms with van der Waals surface area (Å²) in [6.45, 7) is 18.6. The zero-order valence-electron chi connectivity index (χ0n) is 27.8. The van der Waals surface area contributed by atoms with Crippen molar-refractivity contribution in [2.45, 2.75) is 57.8 Å². The summed E-state index contributed by atoms with van der Waals surface area (Å²) in [5, 5.41) is 4.14. The van der Waals surface area contributed by atoms with Gasteiger partial charge in [-0.3, -0.25) is 4.99 Å². The van der Waals surface area contributed by atoms with E-state index in [-0.39, 0.29) is 6.04 Å². The minimum atomic E-state index is -1.57. The first kappa shape index (κ1) is 30.0. The summed E-state index contributed by atoms with van der Waals surface area (Å²) in [7, 11) is -1.57. The highest BCUT2D eigenvalue weighted by Gasteiger charge is 2.42. The lowest BCUT2D eigenvalue weighted by Crippen LogP contribution is -2.53. The van der Waals surface area contributed by atoms with Crippen LogP contribution in [0.25, 0.3) is 42.6 Å². The van der Waals surface area contributed by atoms with Crippen molar-refractivity contribution < 1.29 is 4.57 Å². The van der Waals surface area contributed by atoms with Gasteiger partial charge in [0.1, 0.15) is 0 Å². The van der Waals surface area contributed by atoms with E-state index in [1.54, 1.807) is 0 Å². The predicted molar refractivity (Wildman–Crippen MR) is 205 cm³/mol. The van der Waals surface area contributed by atoms with Crippen LogP contribution in [0.3, 0.4) is 0 Å². The number of hydrogen-bond donors (Lipinski definition) is 0. The van der Waals surface area contributed by atoms with Gasteiger partial charge in [-0.2, -0.15) is 4.57 Å². The summed E-state index contributed by atoms with van der Waals surface area (Å²) in [4.78, 5) is 5.34. The smallest absolute Gasteiger partial charge is 0.213 e. The van der Waals surface area contributed by atoms with E-state index in [9.17, 15) is 0 Å². The van der Waals surface area contributed by atoms with E-state index in [0.717, 1.165) is 30.7 Å². The molecule has 2 nitrogen and oxygen atoms in total. The van der Waals surface area contributed by atoms with Crippen molar-refractivity contribution in [2.75, 3.05) is 0 Å². The van der Waals surface area contributed by atoms with E-state index >= 15 is 0 Å². The van der Waals surface area contributed by atoms with Gasteiger partial charge in [0.25, 0.3) is 0 Å². The monoisotopic (exact) mass is 645 g/mol. The zero-order chi connectivity index (χ0) is 32.4. The molecule has 4 heteroatoms. The van der Waals surface area contributed by atoms with E-state index in [2.05, 4.69) is 141 Å². The minimum absolute atomic E-state index is 0.237. The molecule has 2 aliphatic heterocycles. The number of aryl methyl sites for hydroxylation is 2. The number of rotatable bonds is 3. The van der Waals surface area contributed by atoms with Gasteiger partial charge in [0.05, 0.1) is 20.2 Å². The molecule has 0 bridgehead atoms. The Morgan fingerprint density at radius 2 is 1.66 bits per heavy atom. The number of fused-ring (bicyclic) bond motifs is 11. The summed E-state index contributed by atoms with van der Waals surface area (Å²) < 4.78 is 5.20. The van der Waals surface area contributed by atoms with Crippen LogP contribution in [0.15, 0.2) is 127 Å². The first-order chi connectivity index (χ1) is 22.7. The third-order valence-corrected chi connectivity index (χ3v) is 13.6. The molecule has 0 radical (unpaired) electrons. The van der Waals surface area contributed by atoms with Gasteiger partial charge in [-0.05, 0) is 71.9 Å². The second-order valence-corrected chi connectivity index (χ2v) is 20.4. The fourth-order valence-electron chi connectivity index (χ4n) is 8.24. The molecule has 2 aromatic heterocycles. The van der Waals surface area contributed by atoms with E-state index < -0.39 is 8.07 Å². The zero-order valence-corrected chi connectivity index (χ0v) is 29.6. The Kier molecular flexibility index (Phi) is 7.27. The highest BCUT2D eigenvalue weighted by Crippen LogP contribution is 2.47. The Bertz CT molecular complexity index is 2270. The number of thiophene rings is 1. The number of benzene rings is 4. The predicted octanol–water partition coefficient (Wildman–Crippen LogP) is 10.7. The molecule has 0 spiro atoms. The quantitative estimate of drug-likeness (QED) is 0.135.